The first-order valence-electron chi connectivity index (χ1n) is 5.62. The molecule has 1 aromatic heterocycles. The van der Waals surface area contributed by atoms with Gasteiger partial charge in [0.05, 0.1) is 11.6 Å². The monoisotopic (exact) mass is 249 g/mol. The van der Waals surface area contributed by atoms with Crippen LogP contribution in [-0.2, 0) is 11.3 Å². The molecular weight excluding hydrogens is 234 g/mol. The van der Waals surface area contributed by atoms with Crippen LogP contribution in [0.25, 0.3) is 11.5 Å². The van der Waals surface area contributed by atoms with Crippen LogP contribution in [0.15, 0.2) is 34.9 Å². The predicted octanol–water partition coefficient (Wildman–Crippen LogP) is 4.38. The van der Waals surface area contributed by atoms with Gasteiger partial charge in [0, 0.05) is 5.56 Å². The molecule has 0 saturated carbocycles. The zero-order valence-corrected chi connectivity index (χ0v) is 11.1. The Labute approximate surface area is 107 Å². The first kappa shape index (κ1) is 12.2. The number of hydrogen-bond acceptors (Lipinski definition) is 2. The third-order valence-corrected chi connectivity index (χ3v) is 2.96. The van der Waals surface area contributed by atoms with Crippen molar-refractivity contribution in [2.24, 2.45) is 0 Å². The third kappa shape index (κ3) is 2.70. The molecule has 0 bridgehead atoms. The topological polar surface area (TPSA) is 26.0 Å². The van der Waals surface area contributed by atoms with E-state index in [1.807, 2.05) is 12.1 Å². The third-order valence-electron chi connectivity index (χ3n) is 2.69. The maximum Gasteiger partial charge on any atom is 0.226 e. The summed E-state index contributed by atoms with van der Waals surface area (Å²) in [6.45, 7) is 6.58. The van der Waals surface area contributed by atoms with Gasteiger partial charge in [-0.2, -0.15) is 0 Å². The molecule has 0 saturated heterocycles. The highest BCUT2D eigenvalue weighted by Crippen LogP contribution is 2.25. The van der Waals surface area contributed by atoms with E-state index in [4.69, 9.17) is 16.0 Å². The highest BCUT2D eigenvalue weighted by Gasteiger charge is 2.14. The molecule has 1 aromatic carbocycles. The van der Waals surface area contributed by atoms with E-state index in [0.29, 0.717) is 11.8 Å². The van der Waals surface area contributed by atoms with Crippen molar-refractivity contribution >= 4 is 11.6 Å². The molecule has 0 radical (unpaired) electrons. The summed E-state index contributed by atoms with van der Waals surface area (Å²) < 4.78 is 5.37. The number of hydrogen-bond donors (Lipinski definition) is 0. The van der Waals surface area contributed by atoms with Crippen LogP contribution in [0.1, 0.15) is 32.0 Å². The lowest BCUT2D eigenvalue weighted by Crippen LogP contribution is -2.10. The largest absolute Gasteiger partial charge is 0.444 e. The van der Waals surface area contributed by atoms with Gasteiger partial charge in [0.15, 0.2) is 0 Å². The van der Waals surface area contributed by atoms with E-state index in [0.717, 1.165) is 11.3 Å². The molecule has 0 amide bonds. The lowest BCUT2D eigenvalue weighted by Gasteiger charge is -2.18. The molecule has 90 valence electrons. The lowest BCUT2D eigenvalue weighted by molar-refractivity contribution is 0.572. The van der Waals surface area contributed by atoms with Gasteiger partial charge < -0.3 is 4.42 Å². The van der Waals surface area contributed by atoms with Crippen molar-refractivity contribution in [3.8, 4) is 11.5 Å². The number of oxazole rings is 1. The number of rotatable bonds is 2. The summed E-state index contributed by atoms with van der Waals surface area (Å²) >= 11 is 5.69. The molecule has 0 fully saturated rings. The molecule has 0 aliphatic rings. The van der Waals surface area contributed by atoms with E-state index in [9.17, 15) is 0 Å². The van der Waals surface area contributed by atoms with Crippen molar-refractivity contribution in [2.45, 2.75) is 32.1 Å². The summed E-state index contributed by atoms with van der Waals surface area (Å²) in [6, 6.07) is 8.29. The van der Waals surface area contributed by atoms with Crippen LogP contribution in [0.4, 0.5) is 0 Å². The first-order chi connectivity index (χ1) is 8.00. The van der Waals surface area contributed by atoms with Gasteiger partial charge in [0.1, 0.15) is 6.26 Å². The highest BCUT2D eigenvalue weighted by molar-refractivity contribution is 6.16. The van der Waals surface area contributed by atoms with Crippen molar-refractivity contribution in [1.29, 1.82) is 0 Å². The zero-order chi connectivity index (χ0) is 12.5. The summed E-state index contributed by atoms with van der Waals surface area (Å²) in [7, 11) is 0. The van der Waals surface area contributed by atoms with Crippen molar-refractivity contribution in [1.82, 2.24) is 4.98 Å². The average molecular weight is 250 g/mol. The number of halogens is 1. The van der Waals surface area contributed by atoms with Gasteiger partial charge in [-0.1, -0.05) is 32.9 Å². The van der Waals surface area contributed by atoms with Crippen LogP contribution < -0.4 is 0 Å². The van der Waals surface area contributed by atoms with Gasteiger partial charge in [0.25, 0.3) is 0 Å². The first-order valence-corrected chi connectivity index (χ1v) is 6.15. The maximum absolute atomic E-state index is 5.69. The summed E-state index contributed by atoms with van der Waals surface area (Å²) in [4.78, 5) is 4.29. The number of aromatic nitrogens is 1. The number of alkyl halides is 1. The Morgan fingerprint density at radius 3 is 2.29 bits per heavy atom. The minimum atomic E-state index is 0.163. The molecule has 17 heavy (non-hydrogen) atoms. The van der Waals surface area contributed by atoms with E-state index < -0.39 is 0 Å². The summed E-state index contributed by atoms with van der Waals surface area (Å²) in [5.74, 6) is 1.00. The summed E-state index contributed by atoms with van der Waals surface area (Å²) in [5, 5.41) is 0. The van der Waals surface area contributed by atoms with Crippen molar-refractivity contribution in [3.05, 3.63) is 41.8 Å². The van der Waals surface area contributed by atoms with Crippen LogP contribution in [0.5, 0.6) is 0 Å². The van der Waals surface area contributed by atoms with Gasteiger partial charge in [-0.3, -0.25) is 0 Å². The second-order valence-electron chi connectivity index (χ2n) is 5.10. The fourth-order valence-corrected chi connectivity index (χ4v) is 1.74. The molecule has 0 spiro atoms. The average Bonchev–Trinajstić information content (AvgIpc) is 2.76. The van der Waals surface area contributed by atoms with E-state index in [1.54, 1.807) is 6.26 Å². The summed E-state index contributed by atoms with van der Waals surface area (Å²) in [5.41, 5.74) is 3.21. The molecule has 0 N–H and O–H groups in total. The van der Waals surface area contributed by atoms with Crippen molar-refractivity contribution in [2.75, 3.05) is 0 Å². The van der Waals surface area contributed by atoms with Gasteiger partial charge >= 0.3 is 0 Å². The van der Waals surface area contributed by atoms with Crippen LogP contribution in [0, 0.1) is 0 Å². The van der Waals surface area contributed by atoms with E-state index in [1.165, 1.54) is 5.56 Å². The van der Waals surface area contributed by atoms with Gasteiger partial charge in [-0.05, 0) is 23.1 Å². The Bertz CT molecular complexity index is 494. The van der Waals surface area contributed by atoms with E-state index in [2.05, 4.69) is 37.9 Å². The Balaban J connectivity index is 2.29. The molecule has 0 aliphatic carbocycles. The number of benzene rings is 1. The lowest BCUT2D eigenvalue weighted by atomic mass is 9.87. The van der Waals surface area contributed by atoms with Crippen molar-refractivity contribution in [3.63, 3.8) is 0 Å². The predicted molar refractivity (Wildman–Crippen MR) is 70.2 cm³/mol. The highest BCUT2D eigenvalue weighted by atomic mass is 35.5. The smallest absolute Gasteiger partial charge is 0.226 e. The fraction of sp³-hybridized carbons (Fsp3) is 0.357. The Kier molecular flexibility index (Phi) is 3.25. The Hall–Kier alpha value is -1.28. The van der Waals surface area contributed by atoms with Gasteiger partial charge in [-0.25, -0.2) is 4.98 Å². The molecule has 2 nitrogen and oxygen atoms in total. The molecule has 1 heterocycles. The number of nitrogens with zero attached hydrogens (tertiary/aromatic N) is 1. The SMILES string of the molecule is CC(C)(C)c1ccc(-c2nc(CCl)co2)cc1. The van der Waals surface area contributed by atoms with Crippen LogP contribution in [0.3, 0.4) is 0 Å². The minimum Gasteiger partial charge on any atom is -0.444 e. The second-order valence-corrected chi connectivity index (χ2v) is 5.37. The molecular formula is C14H16ClNO. The second kappa shape index (κ2) is 4.53. The maximum atomic E-state index is 5.69. The normalized spacial score (nSPS) is 11.8. The van der Waals surface area contributed by atoms with E-state index >= 15 is 0 Å². The van der Waals surface area contributed by atoms with E-state index in [-0.39, 0.29) is 5.41 Å². The minimum absolute atomic E-state index is 0.163. The Morgan fingerprint density at radius 1 is 1.18 bits per heavy atom. The van der Waals surface area contributed by atoms with Crippen LogP contribution >= 0.6 is 11.6 Å². The molecule has 3 heteroatoms. The molecule has 2 rings (SSSR count). The molecule has 0 aliphatic heterocycles. The zero-order valence-electron chi connectivity index (χ0n) is 10.3. The van der Waals surface area contributed by atoms with Crippen LogP contribution in [-0.4, -0.2) is 4.98 Å². The standard InChI is InChI=1S/C14H16ClNO/c1-14(2,3)11-6-4-10(5-7-11)13-16-12(8-15)9-17-13/h4-7,9H,8H2,1-3H3. The Morgan fingerprint density at radius 2 is 1.82 bits per heavy atom. The fourth-order valence-electron chi connectivity index (χ4n) is 1.61. The van der Waals surface area contributed by atoms with Gasteiger partial charge in [0.2, 0.25) is 5.89 Å². The summed E-state index contributed by atoms with van der Waals surface area (Å²) in [6.07, 6.45) is 1.60. The van der Waals surface area contributed by atoms with Gasteiger partial charge in [-0.15, -0.1) is 11.6 Å². The molecule has 2 aromatic rings. The quantitative estimate of drug-likeness (QED) is 0.739. The molecule has 0 atom stereocenters. The van der Waals surface area contributed by atoms with Crippen molar-refractivity contribution < 1.29 is 4.42 Å². The van der Waals surface area contributed by atoms with Crippen LogP contribution in [0.2, 0.25) is 0 Å². The molecule has 0 unspecified atom stereocenters.